The van der Waals surface area contributed by atoms with Crippen LogP contribution in [0.5, 0.6) is 0 Å². The number of nitrogens with one attached hydrogen (secondary N) is 2. The lowest BCUT2D eigenvalue weighted by atomic mass is 10.0. The number of fused-ring (bicyclic) bond motifs is 2. The van der Waals surface area contributed by atoms with E-state index in [2.05, 4.69) is 21.6 Å². The normalized spacial score (nSPS) is 23.4. The van der Waals surface area contributed by atoms with Crippen LogP contribution in [-0.4, -0.2) is 74.5 Å². The molecule has 2 aromatic carbocycles. The fourth-order valence-electron chi connectivity index (χ4n) is 5.55. The van der Waals surface area contributed by atoms with Crippen molar-refractivity contribution in [1.82, 2.24) is 15.5 Å². The third-order valence-electron chi connectivity index (χ3n) is 7.48. The fraction of sp³-hybridized carbons (Fsp3) is 0.444. The maximum atomic E-state index is 13.0. The van der Waals surface area contributed by atoms with Gasteiger partial charge < -0.3 is 20.4 Å². The van der Waals surface area contributed by atoms with E-state index in [1.807, 2.05) is 66.4 Å². The zero-order chi connectivity index (χ0) is 24.5. The summed E-state index contributed by atoms with van der Waals surface area (Å²) in [6.07, 6.45) is 2.60. The first-order valence-corrected chi connectivity index (χ1v) is 12.4. The smallest absolute Gasteiger partial charge is 0.251 e. The summed E-state index contributed by atoms with van der Waals surface area (Å²) in [7, 11) is 3.92. The first kappa shape index (κ1) is 23.4. The van der Waals surface area contributed by atoms with Gasteiger partial charge in [-0.3, -0.25) is 19.3 Å². The van der Waals surface area contributed by atoms with Crippen LogP contribution in [-0.2, 0) is 16.0 Å². The molecule has 3 atom stereocenters. The second kappa shape index (κ2) is 9.70. The number of para-hydroxylation sites is 1. The van der Waals surface area contributed by atoms with Crippen molar-refractivity contribution < 1.29 is 14.4 Å². The molecule has 3 aliphatic rings. The number of anilines is 2. The summed E-state index contributed by atoms with van der Waals surface area (Å²) < 4.78 is 0. The minimum absolute atomic E-state index is 0.00753. The molecule has 8 nitrogen and oxygen atoms in total. The van der Waals surface area contributed by atoms with E-state index in [1.165, 1.54) is 5.56 Å². The highest BCUT2D eigenvalue weighted by molar-refractivity contribution is 5.96. The number of amides is 3. The van der Waals surface area contributed by atoms with Gasteiger partial charge in [-0.25, -0.2) is 0 Å². The number of nitrogens with zero attached hydrogens (tertiary/aromatic N) is 3. The topological polar surface area (TPSA) is 85.0 Å². The van der Waals surface area contributed by atoms with Crippen LogP contribution >= 0.6 is 0 Å². The highest BCUT2D eigenvalue weighted by atomic mass is 16.2. The molecule has 8 heteroatoms. The number of carbonyl (C=O) groups is 3. The molecular formula is C27H33N5O3. The highest BCUT2D eigenvalue weighted by Crippen LogP contribution is 2.30. The molecule has 5 rings (SSSR count). The maximum Gasteiger partial charge on any atom is 0.251 e. The van der Waals surface area contributed by atoms with Crippen LogP contribution in [0.2, 0.25) is 0 Å². The molecular weight excluding hydrogens is 442 g/mol. The molecule has 0 radical (unpaired) electrons. The molecule has 2 N–H and O–H groups in total. The highest BCUT2D eigenvalue weighted by Gasteiger charge is 2.44. The number of hydrogen-bond acceptors (Lipinski definition) is 5. The van der Waals surface area contributed by atoms with Crippen molar-refractivity contribution >= 4 is 29.1 Å². The minimum Gasteiger partial charge on any atom is -0.378 e. The summed E-state index contributed by atoms with van der Waals surface area (Å²) in [5.74, 6) is 0.0155. The number of rotatable bonds is 6. The van der Waals surface area contributed by atoms with Crippen molar-refractivity contribution in [2.45, 2.75) is 43.8 Å². The van der Waals surface area contributed by atoms with Crippen LogP contribution in [0.3, 0.4) is 0 Å². The molecule has 0 spiro atoms. The summed E-state index contributed by atoms with van der Waals surface area (Å²) in [6.45, 7) is 1.88. The summed E-state index contributed by atoms with van der Waals surface area (Å²) in [5.41, 5.74) is 3.89. The molecule has 2 aromatic rings. The van der Waals surface area contributed by atoms with Crippen LogP contribution in [0.4, 0.5) is 11.4 Å². The summed E-state index contributed by atoms with van der Waals surface area (Å²) in [5, 5.41) is 6.12. The van der Waals surface area contributed by atoms with E-state index in [1.54, 1.807) is 0 Å². The Bertz CT molecular complexity index is 1120. The number of carbonyl (C=O) groups excluding carboxylic acids is 3. The van der Waals surface area contributed by atoms with Crippen LogP contribution in [0.15, 0.2) is 48.5 Å². The fourth-order valence-corrected chi connectivity index (χ4v) is 5.55. The predicted molar refractivity (Wildman–Crippen MR) is 136 cm³/mol. The number of benzene rings is 2. The second-order valence-electron chi connectivity index (χ2n) is 9.92. The molecule has 0 unspecified atom stereocenters. The van der Waals surface area contributed by atoms with E-state index in [4.69, 9.17) is 0 Å². The Balaban J connectivity index is 1.18. The third kappa shape index (κ3) is 4.75. The minimum atomic E-state index is -0.266. The molecule has 0 bridgehead atoms. The predicted octanol–water partition coefficient (Wildman–Crippen LogP) is 1.79. The summed E-state index contributed by atoms with van der Waals surface area (Å²) in [6, 6.07) is 15.3. The van der Waals surface area contributed by atoms with Gasteiger partial charge in [0, 0.05) is 69.2 Å². The Kier molecular flexibility index (Phi) is 6.47. The average Bonchev–Trinajstić information content (AvgIpc) is 3.48. The third-order valence-corrected chi connectivity index (χ3v) is 7.48. The summed E-state index contributed by atoms with van der Waals surface area (Å²) >= 11 is 0. The molecule has 3 heterocycles. The van der Waals surface area contributed by atoms with Gasteiger partial charge in [0.25, 0.3) is 5.91 Å². The van der Waals surface area contributed by atoms with E-state index in [0.29, 0.717) is 37.9 Å². The molecule has 3 aliphatic heterocycles. The van der Waals surface area contributed by atoms with E-state index in [9.17, 15) is 14.4 Å². The lowest BCUT2D eigenvalue weighted by molar-refractivity contribution is -0.129. The Morgan fingerprint density at radius 2 is 1.89 bits per heavy atom. The monoisotopic (exact) mass is 475 g/mol. The molecule has 35 heavy (non-hydrogen) atoms. The van der Waals surface area contributed by atoms with Gasteiger partial charge in [0.2, 0.25) is 11.8 Å². The lowest BCUT2D eigenvalue weighted by Crippen LogP contribution is -2.58. The van der Waals surface area contributed by atoms with Crippen LogP contribution in [0.1, 0.15) is 35.2 Å². The van der Waals surface area contributed by atoms with Gasteiger partial charge in [-0.1, -0.05) is 18.2 Å². The summed E-state index contributed by atoms with van der Waals surface area (Å²) in [4.78, 5) is 44.4. The lowest BCUT2D eigenvalue weighted by Gasteiger charge is -2.37. The van der Waals surface area contributed by atoms with E-state index in [0.717, 1.165) is 24.3 Å². The quantitative estimate of drug-likeness (QED) is 0.666. The molecule has 0 aromatic heterocycles. The Hall–Kier alpha value is -3.39. The van der Waals surface area contributed by atoms with Crippen molar-refractivity contribution in [3.63, 3.8) is 0 Å². The first-order valence-electron chi connectivity index (χ1n) is 12.4. The van der Waals surface area contributed by atoms with Gasteiger partial charge in [0.1, 0.15) is 0 Å². The van der Waals surface area contributed by atoms with Crippen molar-refractivity contribution in [2.75, 3.05) is 43.5 Å². The molecule has 0 aliphatic carbocycles. The Morgan fingerprint density at radius 3 is 2.66 bits per heavy atom. The molecule has 184 valence electrons. The van der Waals surface area contributed by atoms with Crippen molar-refractivity contribution in [1.29, 1.82) is 0 Å². The van der Waals surface area contributed by atoms with Gasteiger partial charge in [0.05, 0.1) is 6.04 Å². The maximum absolute atomic E-state index is 13.0. The molecule has 2 saturated heterocycles. The van der Waals surface area contributed by atoms with E-state index < -0.39 is 0 Å². The van der Waals surface area contributed by atoms with Gasteiger partial charge in [-0.15, -0.1) is 0 Å². The van der Waals surface area contributed by atoms with Crippen molar-refractivity contribution in [3.05, 3.63) is 59.7 Å². The second-order valence-corrected chi connectivity index (χ2v) is 9.92. The number of hydrogen-bond donors (Lipinski definition) is 2. The molecule has 3 amide bonds. The van der Waals surface area contributed by atoms with Gasteiger partial charge >= 0.3 is 0 Å². The Labute approximate surface area is 206 Å². The van der Waals surface area contributed by atoms with Gasteiger partial charge in [0.15, 0.2) is 0 Å². The zero-order valence-electron chi connectivity index (χ0n) is 20.4. The standard InChI is InChI=1S/C27H33N5O3/c1-30(2)21-9-7-19(8-10-21)26(34)29-20-15-24-27(35)28-16-22(32(24)17-20)11-12-25(33)31-14-13-18-5-3-4-6-23(18)31/h3-10,20,22,24H,11-17H2,1-2H3,(H,28,35)(H,29,34)/t20-,22-,24+/m1/s1. The number of piperazine rings is 1. The van der Waals surface area contributed by atoms with Crippen LogP contribution in [0, 0.1) is 0 Å². The largest absolute Gasteiger partial charge is 0.378 e. The first-order chi connectivity index (χ1) is 16.9. The Morgan fingerprint density at radius 1 is 1.11 bits per heavy atom. The van der Waals surface area contributed by atoms with Gasteiger partial charge in [-0.2, -0.15) is 0 Å². The van der Waals surface area contributed by atoms with Gasteiger partial charge in [-0.05, 0) is 55.2 Å². The van der Waals surface area contributed by atoms with E-state index in [-0.39, 0.29) is 35.8 Å². The van der Waals surface area contributed by atoms with Crippen molar-refractivity contribution in [3.8, 4) is 0 Å². The van der Waals surface area contributed by atoms with Crippen LogP contribution < -0.4 is 20.4 Å². The zero-order valence-corrected chi connectivity index (χ0v) is 20.4. The SMILES string of the molecule is CN(C)c1ccc(C(=O)N[C@@H]2C[C@H]3C(=O)NC[C@@H](CCC(=O)N4CCc5ccccc54)N3C2)cc1. The van der Waals surface area contributed by atoms with Crippen molar-refractivity contribution in [2.24, 2.45) is 0 Å². The molecule has 0 saturated carbocycles. The molecule has 2 fully saturated rings. The average molecular weight is 476 g/mol. The van der Waals surface area contributed by atoms with Crippen LogP contribution in [0.25, 0.3) is 0 Å². The van der Waals surface area contributed by atoms with E-state index >= 15 is 0 Å².